The zero-order chi connectivity index (χ0) is 20.6. The van der Waals surface area contributed by atoms with E-state index in [0.717, 1.165) is 30.5 Å². The second-order valence-electron chi connectivity index (χ2n) is 5.72. The molecule has 1 aromatic heterocycles. The van der Waals surface area contributed by atoms with Gasteiger partial charge in [0, 0.05) is 18.8 Å². The van der Waals surface area contributed by atoms with Gasteiger partial charge in [-0.15, -0.1) is 0 Å². The summed E-state index contributed by atoms with van der Waals surface area (Å²) in [4.78, 5) is 29.7. The molecule has 148 valence electrons. The quantitative estimate of drug-likeness (QED) is 0.544. The van der Waals surface area contributed by atoms with Gasteiger partial charge in [0.2, 0.25) is 5.88 Å². The second-order valence-corrected chi connectivity index (χ2v) is 6.12. The third kappa shape index (κ3) is 3.59. The number of urea groups is 1. The number of hydrogen-bond donors (Lipinski definition) is 0. The van der Waals surface area contributed by atoms with Gasteiger partial charge in [0.1, 0.15) is 23.7 Å². The average molecular weight is 418 g/mol. The van der Waals surface area contributed by atoms with E-state index in [4.69, 9.17) is 16.3 Å². The van der Waals surface area contributed by atoms with Crippen molar-refractivity contribution in [3.05, 3.63) is 46.9 Å². The molecule has 1 aliphatic rings. The van der Waals surface area contributed by atoms with Gasteiger partial charge in [0.15, 0.2) is 0 Å². The maximum atomic E-state index is 14.4. The highest BCUT2D eigenvalue weighted by Gasteiger charge is 2.39. The van der Waals surface area contributed by atoms with Crippen molar-refractivity contribution in [1.29, 1.82) is 0 Å². The van der Waals surface area contributed by atoms with Gasteiger partial charge < -0.3 is 9.64 Å². The molecule has 3 rings (SSSR count). The fraction of sp³-hybridized carbons (Fsp3) is 0.235. The smallest absolute Gasteiger partial charge is 0.421 e. The molecule has 0 aliphatic carbocycles. The van der Waals surface area contributed by atoms with E-state index in [1.54, 1.807) is 6.92 Å². The lowest BCUT2D eigenvalue weighted by atomic mass is 10.2. The molecule has 1 aromatic carbocycles. The van der Waals surface area contributed by atoms with Crippen molar-refractivity contribution in [2.24, 2.45) is 0 Å². The number of aromatic nitrogens is 1. The maximum Gasteiger partial charge on any atom is 0.421 e. The van der Waals surface area contributed by atoms with Gasteiger partial charge in [-0.3, -0.25) is 4.79 Å². The summed E-state index contributed by atoms with van der Waals surface area (Å²) in [5.74, 6) is -2.89. The van der Waals surface area contributed by atoms with Crippen LogP contribution in [0, 0.1) is 5.82 Å². The van der Waals surface area contributed by atoms with Gasteiger partial charge in [0.05, 0.1) is 10.7 Å². The molecule has 1 aliphatic heterocycles. The Morgan fingerprint density at radius 1 is 1.29 bits per heavy atom. The van der Waals surface area contributed by atoms with Crippen molar-refractivity contribution in [3.8, 4) is 11.6 Å². The predicted octanol–water partition coefficient (Wildman–Crippen LogP) is 4.47. The summed E-state index contributed by atoms with van der Waals surface area (Å²) in [7, 11) is 0. The lowest BCUT2D eigenvalue weighted by molar-refractivity contribution is -0.138. The molecule has 0 atom stereocenters. The summed E-state index contributed by atoms with van der Waals surface area (Å²) >= 11 is 5.88. The number of likely N-dealkylation sites (N-methyl/N-ethyl adjacent to an activating group) is 1. The van der Waals surface area contributed by atoms with Crippen LogP contribution in [0.4, 0.5) is 28.0 Å². The minimum absolute atomic E-state index is 0.225. The van der Waals surface area contributed by atoms with E-state index in [2.05, 4.69) is 4.98 Å². The van der Waals surface area contributed by atoms with E-state index in [1.807, 2.05) is 0 Å². The van der Waals surface area contributed by atoms with Gasteiger partial charge in [-0.05, 0) is 25.1 Å². The van der Waals surface area contributed by atoms with Crippen LogP contribution in [-0.2, 0) is 11.0 Å². The molecule has 0 saturated carbocycles. The Bertz CT molecular complexity index is 952. The fourth-order valence-electron chi connectivity index (χ4n) is 2.59. The van der Waals surface area contributed by atoms with Crippen LogP contribution in [0.25, 0.3) is 0 Å². The van der Waals surface area contributed by atoms with Gasteiger partial charge in [-0.25, -0.2) is 19.1 Å². The maximum absolute atomic E-state index is 14.4. The number of benzene rings is 1. The van der Waals surface area contributed by atoms with Gasteiger partial charge in [-0.2, -0.15) is 13.2 Å². The first-order valence-corrected chi connectivity index (χ1v) is 8.32. The Hall–Kier alpha value is -2.88. The Morgan fingerprint density at radius 3 is 2.61 bits per heavy atom. The number of rotatable bonds is 4. The molecule has 0 bridgehead atoms. The Kier molecular flexibility index (Phi) is 5.16. The highest BCUT2D eigenvalue weighted by molar-refractivity contribution is 6.32. The van der Waals surface area contributed by atoms with Crippen molar-refractivity contribution in [2.45, 2.75) is 13.1 Å². The molecule has 2 aromatic rings. The van der Waals surface area contributed by atoms with Crippen LogP contribution < -0.4 is 9.64 Å². The highest BCUT2D eigenvalue weighted by Crippen LogP contribution is 2.40. The summed E-state index contributed by atoms with van der Waals surface area (Å²) in [6, 6.07) is 2.72. The van der Waals surface area contributed by atoms with Crippen LogP contribution in [0.5, 0.6) is 11.6 Å². The van der Waals surface area contributed by atoms with E-state index < -0.39 is 46.8 Å². The summed E-state index contributed by atoms with van der Waals surface area (Å²) in [5.41, 5.74) is -1.64. The predicted molar refractivity (Wildman–Crippen MR) is 90.9 cm³/mol. The second kappa shape index (κ2) is 7.27. The van der Waals surface area contributed by atoms with Crippen LogP contribution in [-0.4, -0.2) is 34.9 Å². The molecule has 0 spiro atoms. The van der Waals surface area contributed by atoms with Crippen molar-refractivity contribution in [1.82, 2.24) is 9.88 Å². The van der Waals surface area contributed by atoms with Crippen LogP contribution in [0.1, 0.15) is 12.5 Å². The molecule has 1 fully saturated rings. The van der Waals surface area contributed by atoms with E-state index in [9.17, 15) is 27.2 Å². The van der Waals surface area contributed by atoms with E-state index in [1.165, 1.54) is 4.90 Å². The van der Waals surface area contributed by atoms with Crippen molar-refractivity contribution < 1.29 is 31.9 Å². The first-order chi connectivity index (χ1) is 13.1. The number of anilines is 1. The standard InChI is InChI=1S/C17H12ClF4N3O3/c1-2-24-8-14(26)25(16(24)27)12-7-13(10(18)6-11(12)19)28-15-9(17(20,21)22)4-3-5-23-15/h3-7H,2,8H2,1H3. The molecule has 0 radical (unpaired) electrons. The minimum Gasteiger partial charge on any atom is -0.437 e. The number of halogens is 5. The minimum atomic E-state index is -4.75. The zero-order valence-electron chi connectivity index (χ0n) is 14.3. The summed E-state index contributed by atoms with van der Waals surface area (Å²) in [5, 5.41) is -0.355. The molecule has 3 amide bonds. The van der Waals surface area contributed by atoms with Crippen LogP contribution in [0.2, 0.25) is 5.02 Å². The number of carbonyl (C=O) groups is 2. The normalized spacial score (nSPS) is 14.8. The number of nitrogens with zero attached hydrogens (tertiary/aromatic N) is 3. The largest absolute Gasteiger partial charge is 0.437 e. The number of ether oxygens (including phenoxy) is 1. The monoisotopic (exact) mass is 417 g/mol. The van der Waals surface area contributed by atoms with Crippen LogP contribution >= 0.6 is 11.6 Å². The number of amides is 3. The highest BCUT2D eigenvalue weighted by atomic mass is 35.5. The zero-order valence-corrected chi connectivity index (χ0v) is 15.0. The molecule has 28 heavy (non-hydrogen) atoms. The molecule has 6 nitrogen and oxygen atoms in total. The van der Waals surface area contributed by atoms with E-state index in [-0.39, 0.29) is 18.1 Å². The first-order valence-electron chi connectivity index (χ1n) is 7.94. The third-order valence-electron chi connectivity index (χ3n) is 3.94. The van der Waals surface area contributed by atoms with E-state index in [0.29, 0.717) is 4.90 Å². The number of alkyl halides is 3. The first kappa shape index (κ1) is 19.9. The fourth-order valence-corrected chi connectivity index (χ4v) is 2.78. The van der Waals surface area contributed by atoms with Crippen LogP contribution in [0.15, 0.2) is 30.5 Å². The third-order valence-corrected chi connectivity index (χ3v) is 4.24. The number of pyridine rings is 1. The SMILES string of the molecule is CCN1CC(=O)N(c2cc(Oc3ncccc3C(F)(F)F)c(Cl)cc2F)C1=O. The van der Waals surface area contributed by atoms with Gasteiger partial charge in [0.25, 0.3) is 5.91 Å². The molecule has 1 saturated heterocycles. The lowest BCUT2D eigenvalue weighted by Gasteiger charge is -2.18. The summed E-state index contributed by atoms with van der Waals surface area (Å²) in [6.45, 7) is 1.62. The Morgan fingerprint density at radius 2 is 2.00 bits per heavy atom. The Labute approximate surface area is 161 Å². The molecular formula is C17H12ClF4N3O3. The van der Waals surface area contributed by atoms with Crippen molar-refractivity contribution >= 4 is 29.2 Å². The molecule has 2 heterocycles. The van der Waals surface area contributed by atoms with Gasteiger partial charge >= 0.3 is 12.2 Å². The van der Waals surface area contributed by atoms with Crippen molar-refractivity contribution in [3.63, 3.8) is 0 Å². The average Bonchev–Trinajstić information content (AvgIpc) is 2.91. The number of imide groups is 1. The molecule has 11 heteroatoms. The Balaban J connectivity index is 2.03. The number of hydrogen-bond acceptors (Lipinski definition) is 4. The van der Waals surface area contributed by atoms with Crippen LogP contribution in [0.3, 0.4) is 0 Å². The van der Waals surface area contributed by atoms with Gasteiger partial charge in [-0.1, -0.05) is 11.6 Å². The number of carbonyl (C=O) groups excluding carboxylic acids is 2. The molecular weight excluding hydrogens is 406 g/mol. The molecule has 0 unspecified atom stereocenters. The van der Waals surface area contributed by atoms with E-state index >= 15 is 0 Å². The lowest BCUT2D eigenvalue weighted by Crippen LogP contribution is -2.33. The van der Waals surface area contributed by atoms with Crippen molar-refractivity contribution in [2.75, 3.05) is 18.0 Å². The topological polar surface area (TPSA) is 62.7 Å². The summed E-state index contributed by atoms with van der Waals surface area (Å²) < 4.78 is 58.8. The summed E-state index contributed by atoms with van der Waals surface area (Å²) in [6.07, 6.45) is -3.67. The molecule has 0 N–H and O–H groups in total.